The van der Waals surface area contributed by atoms with Crippen molar-refractivity contribution < 1.29 is 19.6 Å². The molecule has 2 atom stereocenters. The summed E-state index contributed by atoms with van der Waals surface area (Å²) in [5, 5.41) is 12.0. The zero-order valence-electron chi connectivity index (χ0n) is 22.4. The summed E-state index contributed by atoms with van der Waals surface area (Å²) in [6, 6.07) is 7.86. The molecule has 2 fully saturated rings. The quantitative estimate of drug-likeness (QED) is 0.357. The summed E-state index contributed by atoms with van der Waals surface area (Å²) < 4.78 is 0. The molecular formula is C28H44N4O4. The predicted molar refractivity (Wildman–Crippen MR) is 139 cm³/mol. The fourth-order valence-corrected chi connectivity index (χ4v) is 5.37. The number of nitrogens with one attached hydrogen (secondary N) is 2. The van der Waals surface area contributed by atoms with Crippen molar-refractivity contribution in [3.05, 3.63) is 35.4 Å². The number of rotatable bonds is 9. The van der Waals surface area contributed by atoms with E-state index in [1.54, 1.807) is 5.48 Å². The Hall–Kier alpha value is -2.45. The van der Waals surface area contributed by atoms with E-state index >= 15 is 0 Å². The minimum absolute atomic E-state index is 0.0722. The highest BCUT2D eigenvalue weighted by Crippen LogP contribution is 2.32. The van der Waals surface area contributed by atoms with Crippen LogP contribution in [0.5, 0.6) is 0 Å². The number of nitrogens with zero attached hydrogens (tertiary/aromatic N) is 2. The minimum atomic E-state index is -0.683. The molecule has 200 valence electrons. The van der Waals surface area contributed by atoms with Gasteiger partial charge in [-0.1, -0.05) is 76.3 Å². The topological polar surface area (TPSA) is 102 Å². The van der Waals surface area contributed by atoms with E-state index in [0.717, 1.165) is 45.3 Å². The van der Waals surface area contributed by atoms with E-state index in [0.29, 0.717) is 25.4 Å². The minimum Gasteiger partial charge on any atom is -0.344 e. The van der Waals surface area contributed by atoms with Crippen LogP contribution >= 0.6 is 0 Å². The molecule has 0 unspecified atom stereocenters. The van der Waals surface area contributed by atoms with Crippen molar-refractivity contribution in [2.24, 2.45) is 17.3 Å². The second-order valence-electron chi connectivity index (χ2n) is 11.7. The Kier molecular flexibility index (Phi) is 9.91. The summed E-state index contributed by atoms with van der Waals surface area (Å²) in [5.41, 5.74) is 3.68. The van der Waals surface area contributed by atoms with Crippen LogP contribution in [-0.4, -0.2) is 64.9 Å². The van der Waals surface area contributed by atoms with Crippen molar-refractivity contribution >= 4 is 17.7 Å². The van der Waals surface area contributed by atoms with Gasteiger partial charge in [0.05, 0.1) is 0 Å². The van der Waals surface area contributed by atoms with Gasteiger partial charge in [-0.3, -0.25) is 24.5 Å². The summed E-state index contributed by atoms with van der Waals surface area (Å²) in [6.45, 7) is 11.6. The molecular weight excluding hydrogens is 456 g/mol. The number of benzene rings is 1. The van der Waals surface area contributed by atoms with E-state index in [1.807, 2.05) is 25.7 Å². The lowest BCUT2D eigenvalue weighted by Crippen LogP contribution is -2.59. The van der Waals surface area contributed by atoms with Gasteiger partial charge < -0.3 is 10.2 Å². The number of hydrogen-bond donors (Lipinski definition) is 3. The van der Waals surface area contributed by atoms with E-state index in [2.05, 4.69) is 41.4 Å². The number of aryl methyl sites for hydroxylation is 1. The first-order valence-electron chi connectivity index (χ1n) is 13.4. The fraction of sp³-hybridized carbons (Fsp3) is 0.679. The van der Waals surface area contributed by atoms with E-state index in [4.69, 9.17) is 5.21 Å². The Morgan fingerprint density at radius 2 is 1.64 bits per heavy atom. The first-order chi connectivity index (χ1) is 17.1. The predicted octanol–water partition coefficient (Wildman–Crippen LogP) is 3.26. The van der Waals surface area contributed by atoms with Crippen molar-refractivity contribution in [2.75, 3.05) is 26.2 Å². The molecule has 0 bridgehead atoms. The molecule has 1 saturated heterocycles. The van der Waals surface area contributed by atoms with Crippen LogP contribution in [0, 0.1) is 24.2 Å². The third-order valence-electron chi connectivity index (χ3n) is 7.63. The zero-order chi connectivity index (χ0) is 26.3. The molecule has 0 radical (unpaired) electrons. The highest BCUT2D eigenvalue weighted by Gasteiger charge is 2.38. The molecule has 3 amide bonds. The molecule has 8 nitrogen and oxygen atoms in total. The van der Waals surface area contributed by atoms with Gasteiger partial charge in [-0.15, -0.1) is 0 Å². The van der Waals surface area contributed by atoms with Gasteiger partial charge >= 0.3 is 0 Å². The second kappa shape index (κ2) is 12.7. The van der Waals surface area contributed by atoms with Gasteiger partial charge in [-0.25, -0.2) is 5.48 Å². The molecule has 2 aliphatic rings. The molecule has 8 heteroatoms. The number of hydroxylamine groups is 1. The van der Waals surface area contributed by atoms with E-state index in [-0.39, 0.29) is 18.2 Å². The third kappa shape index (κ3) is 8.03. The maximum Gasteiger partial charge on any atom is 0.245 e. The van der Waals surface area contributed by atoms with Crippen molar-refractivity contribution in [3.8, 4) is 0 Å². The van der Waals surface area contributed by atoms with Crippen LogP contribution < -0.4 is 10.8 Å². The number of carbonyl (C=O) groups is 3. The van der Waals surface area contributed by atoms with Gasteiger partial charge in [-0.2, -0.15) is 0 Å². The summed E-state index contributed by atoms with van der Waals surface area (Å²) in [4.78, 5) is 43.1. The first-order valence-corrected chi connectivity index (χ1v) is 13.4. The number of hydrogen-bond acceptors (Lipinski definition) is 5. The molecule has 1 aliphatic carbocycles. The molecule has 3 rings (SSSR count). The van der Waals surface area contributed by atoms with Crippen molar-refractivity contribution in [1.29, 1.82) is 0 Å². The second-order valence-corrected chi connectivity index (χ2v) is 11.7. The zero-order valence-corrected chi connectivity index (χ0v) is 22.4. The third-order valence-corrected chi connectivity index (χ3v) is 7.63. The van der Waals surface area contributed by atoms with Gasteiger partial charge in [0.15, 0.2) is 0 Å². The highest BCUT2D eigenvalue weighted by molar-refractivity contribution is 5.91. The van der Waals surface area contributed by atoms with Crippen LogP contribution in [0.4, 0.5) is 0 Å². The Bertz CT molecular complexity index is 882. The monoisotopic (exact) mass is 500 g/mol. The lowest BCUT2D eigenvalue weighted by Gasteiger charge is -2.40. The molecule has 36 heavy (non-hydrogen) atoms. The molecule has 1 saturated carbocycles. The smallest absolute Gasteiger partial charge is 0.245 e. The average Bonchev–Trinajstić information content (AvgIpc) is 3.36. The normalized spacial score (nSPS) is 19.1. The van der Waals surface area contributed by atoms with Crippen LogP contribution in [0.2, 0.25) is 0 Å². The Morgan fingerprint density at radius 1 is 1.03 bits per heavy atom. The summed E-state index contributed by atoms with van der Waals surface area (Å²) >= 11 is 0. The van der Waals surface area contributed by atoms with E-state index in [1.165, 1.54) is 11.1 Å². The Balaban J connectivity index is 1.61. The van der Waals surface area contributed by atoms with Crippen molar-refractivity contribution in [1.82, 2.24) is 20.6 Å². The molecule has 1 heterocycles. The van der Waals surface area contributed by atoms with Crippen LogP contribution in [0.15, 0.2) is 24.3 Å². The molecule has 0 spiro atoms. The first kappa shape index (κ1) is 28.1. The maximum atomic E-state index is 13.6. The molecule has 1 aliphatic heterocycles. The Morgan fingerprint density at radius 3 is 2.19 bits per heavy atom. The van der Waals surface area contributed by atoms with Crippen molar-refractivity contribution in [3.63, 3.8) is 0 Å². The summed E-state index contributed by atoms with van der Waals surface area (Å²) in [5.74, 6) is -1.09. The van der Waals surface area contributed by atoms with Crippen LogP contribution in [-0.2, 0) is 20.9 Å². The molecule has 1 aromatic carbocycles. The van der Waals surface area contributed by atoms with E-state index < -0.39 is 23.3 Å². The van der Waals surface area contributed by atoms with Crippen LogP contribution in [0.1, 0.15) is 70.4 Å². The van der Waals surface area contributed by atoms with Gasteiger partial charge in [0.2, 0.25) is 17.7 Å². The van der Waals surface area contributed by atoms with Crippen LogP contribution in [0.25, 0.3) is 0 Å². The van der Waals surface area contributed by atoms with Gasteiger partial charge in [0, 0.05) is 45.1 Å². The highest BCUT2D eigenvalue weighted by atomic mass is 16.5. The lowest BCUT2D eigenvalue weighted by molar-refractivity contribution is -0.142. The molecule has 3 N–H and O–H groups in total. The summed E-state index contributed by atoms with van der Waals surface area (Å²) in [7, 11) is 0. The standard InChI is InChI=1S/C28H44N4O4/c1-20-9-11-22(12-10-20)19-31-13-15-32(16-14-31)27(35)25(28(2,3)4)29-26(34)23(18-24(33)30-36)17-21-7-5-6-8-21/h9-12,21,23,25,36H,5-8,13-19H2,1-4H3,(H,29,34)(H,30,33)/t23-,25-/m1/s1. The SMILES string of the molecule is Cc1ccc(CN2CCN(C(=O)[C@@H](NC(=O)[C@@H](CC(=O)NO)CC3CCCC3)C(C)(C)C)CC2)cc1. The fourth-order valence-electron chi connectivity index (χ4n) is 5.37. The van der Waals surface area contributed by atoms with Crippen molar-refractivity contribution in [2.45, 2.75) is 78.8 Å². The Labute approximate surface area is 215 Å². The lowest BCUT2D eigenvalue weighted by atomic mass is 9.84. The van der Waals surface area contributed by atoms with Gasteiger partial charge in [-0.05, 0) is 30.2 Å². The number of piperazine rings is 1. The van der Waals surface area contributed by atoms with Gasteiger partial charge in [0.1, 0.15) is 6.04 Å². The maximum absolute atomic E-state index is 13.6. The molecule has 0 aromatic heterocycles. The number of carbonyl (C=O) groups excluding carboxylic acids is 3. The van der Waals surface area contributed by atoms with Gasteiger partial charge in [0.25, 0.3) is 0 Å². The van der Waals surface area contributed by atoms with Crippen LogP contribution in [0.3, 0.4) is 0 Å². The number of amides is 3. The van der Waals surface area contributed by atoms with E-state index in [9.17, 15) is 14.4 Å². The summed E-state index contributed by atoms with van der Waals surface area (Å²) in [6.07, 6.45) is 4.91. The average molecular weight is 501 g/mol. The molecule has 1 aromatic rings. The largest absolute Gasteiger partial charge is 0.344 e.